The summed E-state index contributed by atoms with van der Waals surface area (Å²) < 4.78 is 32.1. The summed E-state index contributed by atoms with van der Waals surface area (Å²) in [7, 11) is 1.54. The standard InChI is InChI=1S/C27H25ClFN5O5/c1-16(23-24(37-2)39-23)14-34-26(35)32-25(33(27(34)36)15-17-3-5-18(28)6-4-17)31-20-7-9-21(10-8-20)38-22-13-19(29)11-12-30-22/h3-13,16,23-24H,14-15H2,1-2H3,(H,31,32,35)/t16-,23?,24?/m0/s1. The van der Waals surface area contributed by atoms with E-state index >= 15 is 0 Å². The molecule has 3 heterocycles. The number of nitrogens with one attached hydrogen (secondary N) is 1. The fourth-order valence-corrected chi connectivity index (χ4v) is 4.21. The van der Waals surface area contributed by atoms with Crippen LogP contribution in [-0.2, 0) is 22.6 Å². The quantitative estimate of drug-likeness (QED) is 0.291. The molecule has 2 aromatic heterocycles. The van der Waals surface area contributed by atoms with Gasteiger partial charge in [0.25, 0.3) is 0 Å². The van der Waals surface area contributed by atoms with Gasteiger partial charge in [-0.15, -0.1) is 0 Å². The Hall–Kier alpha value is -4.06. The van der Waals surface area contributed by atoms with E-state index in [0.29, 0.717) is 16.5 Å². The molecule has 10 nitrogen and oxygen atoms in total. The molecule has 4 aromatic rings. The highest BCUT2D eigenvalue weighted by atomic mass is 35.5. The second kappa shape index (κ2) is 11.4. The number of hydrogen-bond acceptors (Lipinski definition) is 8. The lowest BCUT2D eigenvalue weighted by Gasteiger charge is -2.17. The molecule has 1 saturated heterocycles. The SMILES string of the molecule is COC1OC1[C@@H](C)Cn1c(=O)nc(Nc2ccc(Oc3cc(F)ccn3)cc2)n(Cc2ccc(Cl)cc2)c1=O. The Bertz CT molecular complexity index is 1580. The molecule has 0 spiro atoms. The largest absolute Gasteiger partial charge is 0.439 e. The molecule has 1 aliphatic rings. The van der Waals surface area contributed by atoms with Crippen molar-refractivity contribution in [1.82, 2.24) is 19.1 Å². The van der Waals surface area contributed by atoms with Crippen molar-refractivity contribution in [3.05, 3.63) is 104 Å². The highest BCUT2D eigenvalue weighted by Crippen LogP contribution is 2.30. The summed E-state index contributed by atoms with van der Waals surface area (Å²) in [5.74, 6) is -0.00574. The number of epoxide rings is 1. The fourth-order valence-electron chi connectivity index (χ4n) is 4.09. The molecule has 1 aliphatic heterocycles. The topological polar surface area (TPSA) is 113 Å². The maximum atomic E-state index is 13.6. The number of methoxy groups -OCH3 is 1. The monoisotopic (exact) mass is 553 g/mol. The van der Waals surface area contributed by atoms with Crippen LogP contribution in [0.2, 0.25) is 5.02 Å². The summed E-state index contributed by atoms with van der Waals surface area (Å²) in [6.45, 7) is 2.15. The van der Waals surface area contributed by atoms with Crippen molar-refractivity contribution in [3.8, 4) is 11.6 Å². The van der Waals surface area contributed by atoms with Gasteiger partial charge in [0.15, 0.2) is 6.29 Å². The van der Waals surface area contributed by atoms with Gasteiger partial charge < -0.3 is 19.5 Å². The fraction of sp³-hybridized carbons (Fsp3) is 0.259. The molecule has 5 rings (SSSR count). The lowest BCUT2D eigenvalue weighted by atomic mass is 10.1. The summed E-state index contributed by atoms with van der Waals surface area (Å²) in [6.07, 6.45) is 0.764. The molecule has 3 atom stereocenters. The second-order valence-electron chi connectivity index (χ2n) is 9.07. The maximum Gasteiger partial charge on any atom is 0.354 e. The number of pyridine rings is 1. The van der Waals surface area contributed by atoms with Crippen LogP contribution in [0.15, 0.2) is 76.4 Å². The van der Waals surface area contributed by atoms with Crippen molar-refractivity contribution in [2.45, 2.75) is 32.4 Å². The lowest BCUT2D eigenvalue weighted by molar-refractivity contribution is 0.0950. The van der Waals surface area contributed by atoms with Crippen LogP contribution in [0.25, 0.3) is 0 Å². The molecule has 39 heavy (non-hydrogen) atoms. The van der Waals surface area contributed by atoms with Crippen molar-refractivity contribution < 1.29 is 18.6 Å². The third kappa shape index (κ3) is 6.33. The average molecular weight is 554 g/mol. The predicted octanol–water partition coefficient (Wildman–Crippen LogP) is 4.18. The molecule has 2 unspecified atom stereocenters. The smallest absolute Gasteiger partial charge is 0.354 e. The van der Waals surface area contributed by atoms with Gasteiger partial charge in [0, 0.05) is 42.5 Å². The molecular formula is C27H25ClFN5O5. The van der Waals surface area contributed by atoms with Gasteiger partial charge in [0.05, 0.1) is 6.54 Å². The predicted molar refractivity (Wildman–Crippen MR) is 142 cm³/mol. The molecule has 0 amide bonds. The Morgan fingerprint density at radius 1 is 1.10 bits per heavy atom. The highest BCUT2D eigenvalue weighted by molar-refractivity contribution is 6.30. The van der Waals surface area contributed by atoms with Crippen LogP contribution in [0, 0.1) is 11.7 Å². The Labute approximate surface area is 227 Å². The van der Waals surface area contributed by atoms with E-state index in [1.165, 1.54) is 22.9 Å². The number of aromatic nitrogens is 4. The van der Waals surface area contributed by atoms with Crippen LogP contribution in [0.3, 0.4) is 0 Å². The number of ether oxygens (including phenoxy) is 3. The van der Waals surface area contributed by atoms with E-state index in [1.807, 2.05) is 6.92 Å². The Morgan fingerprint density at radius 2 is 1.85 bits per heavy atom. The average Bonchev–Trinajstić information content (AvgIpc) is 3.71. The van der Waals surface area contributed by atoms with Crippen LogP contribution in [0.4, 0.5) is 16.0 Å². The number of anilines is 2. The van der Waals surface area contributed by atoms with Crippen LogP contribution in [0.5, 0.6) is 11.6 Å². The van der Waals surface area contributed by atoms with Crippen molar-refractivity contribution >= 4 is 23.2 Å². The Balaban J connectivity index is 1.42. The molecule has 0 bridgehead atoms. The lowest BCUT2D eigenvalue weighted by Crippen LogP contribution is -2.44. The van der Waals surface area contributed by atoms with E-state index in [9.17, 15) is 14.0 Å². The van der Waals surface area contributed by atoms with Gasteiger partial charge in [-0.2, -0.15) is 4.98 Å². The number of rotatable bonds is 10. The zero-order valence-electron chi connectivity index (χ0n) is 21.1. The number of nitrogens with zero attached hydrogens (tertiary/aromatic N) is 4. The summed E-state index contributed by atoms with van der Waals surface area (Å²) in [6, 6.07) is 16.1. The first-order valence-corrected chi connectivity index (χ1v) is 12.5. The summed E-state index contributed by atoms with van der Waals surface area (Å²) in [5.41, 5.74) is 0.131. The Morgan fingerprint density at radius 3 is 2.51 bits per heavy atom. The minimum absolute atomic E-state index is 0.0711. The summed E-state index contributed by atoms with van der Waals surface area (Å²) in [5, 5.41) is 3.62. The molecule has 2 aromatic carbocycles. The number of hydrogen-bond donors (Lipinski definition) is 1. The minimum Gasteiger partial charge on any atom is -0.439 e. The molecule has 0 aliphatic carbocycles. The third-order valence-corrected chi connectivity index (χ3v) is 6.43. The van der Waals surface area contributed by atoms with Gasteiger partial charge in [0.1, 0.15) is 17.7 Å². The molecule has 12 heteroatoms. The number of benzene rings is 2. The van der Waals surface area contributed by atoms with E-state index in [-0.39, 0.29) is 43.2 Å². The first-order chi connectivity index (χ1) is 18.8. The van der Waals surface area contributed by atoms with Gasteiger partial charge in [-0.05, 0) is 48.0 Å². The van der Waals surface area contributed by atoms with Gasteiger partial charge in [0.2, 0.25) is 11.8 Å². The van der Waals surface area contributed by atoms with Crippen molar-refractivity contribution in [2.24, 2.45) is 5.92 Å². The van der Waals surface area contributed by atoms with Gasteiger partial charge in [-0.25, -0.2) is 23.5 Å². The van der Waals surface area contributed by atoms with E-state index in [2.05, 4.69) is 15.3 Å². The van der Waals surface area contributed by atoms with E-state index in [1.54, 1.807) is 55.6 Å². The Kier molecular flexibility index (Phi) is 7.73. The maximum absolute atomic E-state index is 13.6. The zero-order chi connectivity index (χ0) is 27.5. The van der Waals surface area contributed by atoms with Gasteiger partial charge in [-0.3, -0.25) is 4.57 Å². The van der Waals surface area contributed by atoms with E-state index in [0.717, 1.165) is 10.1 Å². The van der Waals surface area contributed by atoms with Gasteiger partial charge in [-0.1, -0.05) is 30.7 Å². The second-order valence-corrected chi connectivity index (χ2v) is 9.51. The highest BCUT2D eigenvalue weighted by Gasteiger charge is 2.43. The molecule has 202 valence electrons. The molecule has 0 saturated carbocycles. The molecular weight excluding hydrogens is 529 g/mol. The molecule has 1 fully saturated rings. The van der Waals surface area contributed by atoms with Crippen LogP contribution in [0.1, 0.15) is 12.5 Å². The van der Waals surface area contributed by atoms with E-state index in [4.69, 9.17) is 25.8 Å². The first-order valence-electron chi connectivity index (χ1n) is 12.1. The van der Waals surface area contributed by atoms with Crippen molar-refractivity contribution in [2.75, 3.05) is 12.4 Å². The van der Waals surface area contributed by atoms with Crippen molar-refractivity contribution in [3.63, 3.8) is 0 Å². The molecule has 0 radical (unpaired) electrons. The summed E-state index contributed by atoms with van der Waals surface area (Å²) >= 11 is 6.03. The molecule has 1 N–H and O–H groups in total. The number of halogens is 2. The minimum atomic E-state index is -0.687. The third-order valence-electron chi connectivity index (χ3n) is 6.18. The van der Waals surface area contributed by atoms with Crippen LogP contribution < -0.4 is 21.4 Å². The van der Waals surface area contributed by atoms with Crippen molar-refractivity contribution in [1.29, 1.82) is 0 Å². The first kappa shape index (κ1) is 26.5. The van der Waals surface area contributed by atoms with E-state index < -0.39 is 17.2 Å². The normalized spacial score (nSPS) is 17.0. The zero-order valence-corrected chi connectivity index (χ0v) is 21.8. The van der Waals surface area contributed by atoms with Crippen LogP contribution in [-0.4, -0.2) is 38.6 Å². The van der Waals surface area contributed by atoms with Gasteiger partial charge >= 0.3 is 11.4 Å². The summed E-state index contributed by atoms with van der Waals surface area (Å²) in [4.78, 5) is 34.7. The van der Waals surface area contributed by atoms with Crippen LogP contribution >= 0.6 is 11.6 Å².